The number of pyridine rings is 1. The highest BCUT2D eigenvalue weighted by molar-refractivity contribution is 7.89. The van der Waals surface area contributed by atoms with Crippen LogP contribution in [0.3, 0.4) is 0 Å². The first-order valence-corrected chi connectivity index (χ1v) is 6.89. The van der Waals surface area contributed by atoms with Crippen LogP contribution in [0.5, 0.6) is 0 Å². The van der Waals surface area contributed by atoms with Crippen molar-refractivity contribution in [2.24, 2.45) is 5.92 Å². The molecule has 0 radical (unpaired) electrons. The fraction of sp³-hybridized carbons (Fsp3) is 0.455. The van der Waals surface area contributed by atoms with Crippen molar-refractivity contribution in [1.82, 2.24) is 9.29 Å². The highest BCUT2D eigenvalue weighted by atomic mass is 32.2. The number of sulfonamides is 1. The molecular formula is C11H15FN2O4S. The van der Waals surface area contributed by atoms with Gasteiger partial charge in [0.15, 0.2) is 5.82 Å². The van der Waals surface area contributed by atoms with Crippen molar-refractivity contribution in [2.45, 2.75) is 11.9 Å². The lowest BCUT2D eigenvalue weighted by molar-refractivity contribution is -0.144. The monoisotopic (exact) mass is 290 g/mol. The molecule has 0 N–H and O–H groups in total. The van der Waals surface area contributed by atoms with Crippen LogP contribution in [-0.2, 0) is 19.6 Å². The van der Waals surface area contributed by atoms with Gasteiger partial charge in [-0.05, 0) is 12.1 Å². The summed E-state index contributed by atoms with van der Waals surface area (Å²) in [6.45, 7) is 1.40. The SMILES string of the molecule is COC(=O)C(C)CN(C)S(=O)(=O)c1ncccc1F. The third-order valence-corrected chi connectivity index (χ3v) is 4.27. The van der Waals surface area contributed by atoms with E-state index in [1.54, 1.807) is 0 Å². The highest BCUT2D eigenvalue weighted by Gasteiger charge is 2.28. The largest absolute Gasteiger partial charge is 0.469 e. The van der Waals surface area contributed by atoms with E-state index in [1.165, 1.54) is 33.3 Å². The Balaban J connectivity index is 2.96. The molecule has 1 aromatic heterocycles. The summed E-state index contributed by atoms with van der Waals surface area (Å²) in [5.41, 5.74) is 0. The van der Waals surface area contributed by atoms with Gasteiger partial charge in [-0.2, -0.15) is 4.31 Å². The molecule has 1 heterocycles. The third-order valence-electron chi connectivity index (χ3n) is 2.51. The van der Waals surface area contributed by atoms with Gasteiger partial charge < -0.3 is 4.74 Å². The van der Waals surface area contributed by atoms with Gasteiger partial charge in [0.1, 0.15) is 0 Å². The average molecular weight is 290 g/mol. The molecule has 0 amide bonds. The molecular weight excluding hydrogens is 275 g/mol. The van der Waals surface area contributed by atoms with E-state index in [0.717, 1.165) is 10.4 Å². The number of hydrogen-bond donors (Lipinski definition) is 0. The van der Waals surface area contributed by atoms with Crippen molar-refractivity contribution in [2.75, 3.05) is 20.7 Å². The number of aromatic nitrogens is 1. The molecule has 0 spiro atoms. The van der Waals surface area contributed by atoms with E-state index in [9.17, 15) is 17.6 Å². The molecule has 0 saturated heterocycles. The van der Waals surface area contributed by atoms with Gasteiger partial charge in [-0.25, -0.2) is 17.8 Å². The van der Waals surface area contributed by atoms with Crippen LogP contribution in [0.25, 0.3) is 0 Å². The predicted molar refractivity (Wildman–Crippen MR) is 65.2 cm³/mol. The maximum absolute atomic E-state index is 13.4. The van der Waals surface area contributed by atoms with E-state index in [0.29, 0.717) is 0 Å². The van der Waals surface area contributed by atoms with Gasteiger partial charge in [-0.1, -0.05) is 6.92 Å². The Morgan fingerprint density at radius 2 is 2.21 bits per heavy atom. The molecule has 0 aliphatic rings. The summed E-state index contributed by atoms with van der Waals surface area (Å²) >= 11 is 0. The molecule has 0 aliphatic heterocycles. The summed E-state index contributed by atoms with van der Waals surface area (Å²) in [4.78, 5) is 14.8. The standard InChI is InChI=1S/C11H15FN2O4S/c1-8(11(15)18-3)7-14(2)19(16,17)10-9(12)5-4-6-13-10/h4-6,8H,7H2,1-3H3. The highest BCUT2D eigenvalue weighted by Crippen LogP contribution is 2.16. The molecule has 0 aliphatic carbocycles. The Hall–Kier alpha value is -1.54. The van der Waals surface area contributed by atoms with Crippen molar-refractivity contribution < 1.29 is 22.3 Å². The number of hydrogen-bond acceptors (Lipinski definition) is 5. The van der Waals surface area contributed by atoms with E-state index >= 15 is 0 Å². The minimum Gasteiger partial charge on any atom is -0.469 e. The van der Waals surface area contributed by atoms with Gasteiger partial charge in [0.05, 0.1) is 13.0 Å². The molecule has 0 saturated carbocycles. The molecule has 1 unspecified atom stereocenters. The maximum atomic E-state index is 13.4. The fourth-order valence-corrected chi connectivity index (χ4v) is 2.69. The Morgan fingerprint density at radius 1 is 1.58 bits per heavy atom. The van der Waals surface area contributed by atoms with Crippen LogP contribution in [0.1, 0.15) is 6.92 Å². The van der Waals surface area contributed by atoms with Gasteiger partial charge >= 0.3 is 5.97 Å². The molecule has 19 heavy (non-hydrogen) atoms. The lowest BCUT2D eigenvalue weighted by Crippen LogP contribution is -2.35. The van der Waals surface area contributed by atoms with Crippen LogP contribution in [0.15, 0.2) is 23.4 Å². The van der Waals surface area contributed by atoms with Crippen molar-refractivity contribution in [3.63, 3.8) is 0 Å². The maximum Gasteiger partial charge on any atom is 0.309 e. The lowest BCUT2D eigenvalue weighted by atomic mass is 10.2. The van der Waals surface area contributed by atoms with Crippen LogP contribution in [0.2, 0.25) is 0 Å². The topological polar surface area (TPSA) is 76.6 Å². The Bertz CT molecular complexity index is 562. The van der Waals surface area contributed by atoms with Gasteiger partial charge in [0, 0.05) is 19.8 Å². The van der Waals surface area contributed by atoms with Crippen LogP contribution in [0.4, 0.5) is 4.39 Å². The molecule has 6 nitrogen and oxygen atoms in total. The summed E-state index contributed by atoms with van der Waals surface area (Å²) in [7, 11) is -1.60. The second-order valence-electron chi connectivity index (χ2n) is 4.00. The molecule has 0 aromatic carbocycles. The van der Waals surface area contributed by atoms with Crippen LogP contribution < -0.4 is 0 Å². The number of methoxy groups -OCH3 is 1. The van der Waals surface area contributed by atoms with Crippen LogP contribution in [0, 0.1) is 11.7 Å². The van der Waals surface area contributed by atoms with Gasteiger partial charge in [0.2, 0.25) is 5.03 Å². The zero-order chi connectivity index (χ0) is 14.6. The number of esters is 1. The summed E-state index contributed by atoms with van der Waals surface area (Å²) < 4.78 is 43.0. The molecule has 0 fully saturated rings. The van der Waals surface area contributed by atoms with E-state index in [2.05, 4.69) is 9.72 Å². The fourth-order valence-electron chi connectivity index (χ4n) is 1.47. The smallest absolute Gasteiger partial charge is 0.309 e. The Morgan fingerprint density at radius 3 is 2.74 bits per heavy atom. The first-order valence-electron chi connectivity index (χ1n) is 5.45. The normalized spacial score (nSPS) is 13.3. The lowest BCUT2D eigenvalue weighted by Gasteiger charge is -2.19. The number of carbonyl (C=O) groups excluding carboxylic acids is 1. The summed E-state index contributed by atoms with van der Waals surface area (Å²) in [6, 6.07) is 2.31. The quantitative estimate of drug-likeness (QED) is 0.744. The second kappa shape index (κ2) is 6.07. The van der Waals surface area contributed by atoms with E-state index in [4.69, 9.17) is 0 Å². The number of nitrogens with zero attached hydrogens (tertiary/aromatic N) is 2. The first-order chi connectivity index (χ1) is 8.80. The minimum absolute atomic E-state index is 0.120. The molecule has 0 bridgehead atoms. The second-order valence-corrected chi connectivity index (χ2v) is 5.96. The zero-order valence-electron chi connectivity index (χ0n) is 10.8. The molecule has 106 valence electrons. The van der Waals surface area contributed by atoms with E-state index in [1.807, 2.05) is 0 Å². The first kappa shape index (κ1) is 15.5. The number of halogens is 1. The van der Waals surface area contributed by atoms with Crippen molar-refractivity contribution in [3.05, 3.63) is 24.1 Å². The summed E-state index contributed by atoms with van der Waals surface area (Å²) in [5, 5.41) is -0.658. The van der Waals surface area contributed by atoms with Crippen LogP contribution >= 0.6 is 0 Å². The van der Waals surface area contributed by atoms with Crippen molar-refractivity contribution in [3.8, 4) is 0 Å². The Labute approximate surface area is 111 Å². The number of rotatable bonds is 5. The van der Waals surface area contributed by atoms with Crippen molar-refractivity contribution >= 4 is 16.0 Å². The van der Waals surface area contributed by atoms with E-state index in [-0.39, 0.29) is 6.54 Å². The van der Waals surface area contributed by atoms with Crippen LogP contribution in [-0.4, -0.2) is 44.4 Å². The predicted octanol–water partition coefficient (Wildman–Crippen LogP) is 0.650. The molecule has 1 atom stereocenters. The van der Waals surface area contributed by atoms with Gasteiger partial charge in [0.25, 0.3) is 10.0 Å². The molecule has 8 heteroatoms. The number of ether oxygens (including phenoxy) is 1. The third kappa shape index (κ3) is 3.48. The minimum atomic E-state index is -4.07. The number of carbonyl (C=O) groups is 1. The average Bonchev–Trinajstić information content (AvgIpc) is 2.37. The Kier molecular flexibility index (Phi) is 4.96. The van der Waals surface area contributed by atoms with Crippen molar-refractivity contribution in [1.29, 1.82) is 0 Å². The van der Waals surface area contributed by atoms with E-state index < -0.39 is 32.8 Å². The molecule has 1 rings (SSSR count). The molecule has 1 aromatic rings. The van der Waals surface area contributed by atoms with Gasteiger partial charge in [-0.3, -0.25) is 4.79 Å². The summed E-state index contributed by atoms with van der Waals surface area (Å²) in [6.07, 6.45) is 1.19. The summed E-state index contributed by atoms with van der Waals surface area (Å²) in [5.74, 6) is -2.12. The zero-order valence-corrected chi connectivity index (χ0v) is 11.6. The van der Waals surface area contributed by atoms with Gasteiger partial charge in [-0.15, -0.1) is 0 Å².